The second-order valence-corrected chi connectivity index (χ2v) is 8.26. The number of rotatable bonds is 9. The van der Waals surface area contributed by atoms with Gasteiger partial charge in [0.15, 0.2) is 5.96 Å². The van der Waals surface area contributed by atoms with Crippen LogP contribution in [-0.2, 0) is 21.3 Å². The van der Waals surface area contributed by atoms with Gasteiger partial charge in [-0.25, -0.2) is 0 Å². The first-order chi connectivity index (χ1) is 12.8. The summed E-state index contributed by atoms with van der Waals surface area (Å²) in [5, 5.41) is 6.49. The molecule has 0 saturated heterocycles. The van der Waals surface area contributed by atoms with Crippen LogP contribution < -0.4 is 10.6 Å². The Balaban J connectivity index is 0.00000364. The van der Waals surface area contributed by atoms with Gasteiger partial charge in [-0.15, -0.1) is 24.0 Å². The topological polar surface area (TPSA) is 62.7 Å². The Morgan fingerprint density at radius 2 is 1.78 bits per heavy atom. The number of hydrogen-bond acceptors (Lipinski definition) is 3. The smallest absolute Gasteiger partial charge is 0.191 e. The third-order valence-electron chi connectivity index (χ3n) is 4.57. The lowest BCUT2D eigenvalue weighted by atomic mass is 10.1. The van der Waals surface area contributed by atoms with Crippen LogP contribution in [0.4, 0.5) is 0 Å². The Morgan fingerprint density at radius 1 is 1.11 bits per heavy atom. The predicted octanol–water partition coefficient (Wildman–Crippen LogP) is 3.46. The van der Waals surface area contributed by atoms with E-state index in [-0.39, 0.29) is 24.0 Å². The van der Waals surface area contributed by atoms with Crippen molar-refractivity contribution in [2.75, 3.05) is 32.5 Å². The molecule has 7 heteroatoms. The summed E-state index contributed by atoms with van der Waals surface area (Å²) in [5.74, 6) is 1.95. The lowest BCUT2D eigenvalue weighted by molar-refractivity contribution is 0.0468. The molecule has 1 aromatic carbocycles. The highest BCUT2D eigenvalue weighted by Gasteiger charge is 2.12. The van der Waals surface area contributed by atoms with Crippen LogP contribution in [0.3, 0.4) is 0 Å². The van der Waals surface area contributed by atoms with Gasteiger partial charge in [0.05, 0.1) is 12.7 Å². The number of nitrogens with one attached hydrogen (secondary N) is 2. The van der Waals surface area contributed by atoms with Crippen molar-refractivity contribution in [1.29, 1.82) is 0 Å². The van der Waals surface area contributed by atoms with Crippen molar-refractivity contribution in [3.05, 3.63) is 35.9 Å². The van der Waals surface area contributed by atoms with E-state index < -0.39 is 10.8 Å². The standard InChI is InChI=1S/C20H33N3O2S.HI/c1-21-20(22-13-15-25-19-11-7-2-3-8-12-19)23-14-16-26(24)17-18-9-5-4-6-10-18;/h4-6,9-10,19H,2-3,7-8,11-17H2,1H3,(H2,21,22,23);1H. The Labute approximate surface area is 183 Å². The largest absolute Gasteiger partial charge is 0.376 e. The number of hydrogen-bond donors (Lipinski definition) is 2. The molecular formula is C20H34IN3O2S. The van der Waals surface area contributed by atoms with E-state index in [4.69, 9.17) is 4.74 Å². The zero-order valence-electron chi connectivity index (χ0n) is 16.3. The second kappa shape index (κ2) is 15.3. The van der Waals surface area contributed by atoms with Gasteiger partial charge in [0.25, 0.3) is 0 Å². The van der Waals surface area contributed by atoms with Crippen molar-refractivity contribution in [2.45, 2.75) is 50.4 Å². The van der Waals surface area contributed by atoms with Gasteiger partial charge in [-0.3, -0.25) is 9.20 Å². The second-order valence-electron chi connectivity index (χ2n) is 6.68. The third-order valence-corrected chi connectivity index (χ3v) is 5.88. The minimum absolute atomic E-state index is 0. The highest BCUT2D eigenvalue weighted by atomic mass is 127. The Morgan fingerprint density at radius 3 is 2.44 bits per heavy atom. The summed E-state index contributed by atoms with van der Waals surface area (Å²) in [6.45, 7) is 2.08. The van der Waals surface area contributed by atoms with E-state index in [0.717, 1.165) is 18.1 Å². The number of nitrogens with zero attached hydrogens (tertiary/aromatic N) is 1. The molecule has 5 nitrogen and oxygen atoms in total. The van der Waals surface area contributed by atoms with E-state index in [9.17, 15) is 4.21 Å². The van der Waals surface area contributed by atoms with E-state index in [0.29, 0.717) is 30.8 Å². The van der Waals surface area contributed by atoms with Crippen molar-refractivity contribution >= 4 is 40.7 Å². The summed E-state index contributed by atoms with van der Waals surface area (Å²) in [7, 11) is 0.881. The maximum atomic E-state index is 12.1. The SMILES string of the molecule is CN=C(NCCOC1CCCCCC1)NCCS(=O)Cc1ccccc1.I. The van der Waals surface area contributed by atoms with Gasteiger partial charge >= 0.3 is 0 Å². The summed E-state index contributed by atoms with van der Waals surface area (Å²) < 4.78 is 18.1. The van der Waals surface area contributed by atoms with Gasteiger partial charge in [0, 0.05) is 42.4 Å². The zero-order chi connectivity index (χ0) is 18.5. The summed E-state index contributed by atoms with van der Waals surface area (Å²) in [6, 6.07) is 9.96. The molecule has 0 aliphatic heterocycles. The van der Waals surface area contributed by atoms with Gasteiger partial charge < -0.3 is 15.4 Å². The number of aliphatic imine (C=N–C) groups is 1. The van der Waals surface area contributed by atoms with E-state index in [2.05, 4.69) is 15.6 Å². The molecule has 0 aromatic heterocycles. The van der Waals surface area contributed by atoms with Gasteiger partial charge in [-0.2, -0.15) is 0 Å². The lowest BCUT2D eigenvalue weighted by Crippen LogP contribution is -2.40. The van der Waals surface area contributed by atoms with Crippen LogP contribution in [0.15, 0.2) is 35.3 Å². The zero-order valence-corrected chi connectivity index (χ0v) is 19.5. The van der Waals surface area contributed by atoms with Crippen molar-refractivity contribution < 1.29 is 8.95 Å². The van der Waals surface area contributed by atoms with Crippen molar-refractivity contribution in [3.63, 3.8) is 0 Å². The number of halogens is 1. The summed E-state index contributed by atoms with van der Waals surface area (Å²) >= 11 is 0. The summed E-state index contributed by atoms with van der Waals surface area (Å²) in [6.07, 6.45) is 8.10. The molecule has 0 heterocycles. The first-order valence-electron chi connectivity index (χ1n) is 9.73. The Kier molecular flexibility index (Phi) is 13.8. The van der Waals surface area contributed by atoms with E-state index >= 15 is 0 Å². The molecule has 1 atom stereocenters. The first-order valence-corrected chi connectivity index (χ1v) is 11.2. The molecule has 1 aliphatic carbocycles. The fourth-order valence-corrected chi connectivity index (χ4v) is 4.18. The van der Waals surface area contributed by atoms with Gasteiger partial charge in [0.1, 0.15) is 0 Å². The minimum atomic E-state index is -0.872. The number of benzene rings is 1. The van der Waals surface area contributed by atoms with Gasteiger partial charge in [0.2, 0.25) is 0 Å². The lowest BCUT2D eigenvalue weighted by Gasteiger charge is -2.16. The average Bonchev–Trinajstić information content (AvgIpc) is 2.93. The van der Waals surface area contributed by atoms with Crippen molar-refractivity contribution in [3.8, 4) is 0 Å². The van der Waals surface area contributed by atoms with Gasteiger partial charge in [-0.05, 0) is 18.4 Å². The molecule has 27 heavy (non-hydrogen) atoms. The maximum absolute atomic E-state index is 12.1. The molecule has 154 valence electrons. The van der Waals surface area contributed by atoms with Crippen molar-refractivity contribution in [2.24, 2.45) is 4.99 Å². The predicted molar refractivity (Wildman–Crippen MR) is 125 cm³/mol. The molecule has 1 aromatic rings. The normalized spacial score (nSPS) is 16.9. The molecule has 1 fully saturated rings. The first kappa shape index (κ1) is 24.4. The van der Waals surface area contributed by atoms with Gasteiger partial charge in [-0.1, -0.05) is 56.0 Å². The highest BCUT2D eigenvalue weighted by molar-refractivity contribution is 14.0. The molecule has 2 rings (SSSR count). The maximum Gasteiger partial charge on any atom is 0.191 e. The minimum Gasteiger partial charge on any atom is -0.376 e. The van der Waals surface area contributed by atoms with E-state index in [1.54, 1.807) is 7.05 Å². The summed E-state index contributed by atoms with van der Waals surface area (Å²) in [4.78, 5) is 4.21. The molecule has 0 spiro atoms. The van der Waals surface area contributed by atoms with Crippen LogP contribution in [0.5, 0.6) is 0 Å². The molecule has 1 saturated carbocycles. The number of guanidine groups is 1. The molecular weight excluding hydrogens is 473 g/mol. The highest BCUT2D eigenvalue weighted by Crippen LogP contribution is 2.19. The van der Waals surface area contributed by atoms with E-state index in [1.807, 2.05) is 30.3 Å². The van der Waals surface area contributed by atoms with Crippen LogP contribution in [0, 0.1) is 0 Å². The molecule has 1 aliphatic rings. The summed E-state index contributed by atoms with van der Waals surface area (Å²) in [5.41, 5.74) is 1.11. The number of ether oxygens (including phenoxy) is 1. The molecule has 0 bridgehead atoms. The van der Waals surface area contributed by atoms with Crippen LogP contribution >= 0.6 is 24.0 Å². The monoisotopic (exact) mass is 507 g/mol. The Bertz CT molecular complexity index is 549. The van der Waals surface area contributed by atoms with Crippen LogP contribution in [0.2, 0.25) is 0 Å². The quantitative estimate of drug-likeness (QED) is 0.177. The fraction of sp³-hybridized carbons (Fsp3) is 0.650. The molecule has 0 amide bonds. The van der Waals surface area contributed by atoms with Crippen molar-refractivity contribution in [1.82, 2.24) is 10.6 Å². The average molecular weight is 507 g/mol. The molecule has 0 radical (unpaired) electrons. The van der Waals surface area contributed by atoms with Crippen LogP contribution in [0.1, 0.15) is 44.1 Å². The Hall–Kier alpha value is -0.670. The van der Waals surface area contributed by atoms with Crippen LogP contribution in [-0.4, -0.2) is 48.8 Å². The molecule has 1 unspecified atom stereocenters. The molecule has 2 N–H and O–H groups in total. The van der Waals surface area contributed by atoms with Crippen LogP contribution in [0.25, 0.3) is 0 Å². The van der Waals surface area contributed by atoms with E-state index in [1.165, 1.54) is 38.5 Å². The third kappa shape index (κ3) is 11.0. The fourth-order valence-electron chi connectivity index (χ4n) is 3.14.